The van der Waals surface area contributed by atoms with E-state index in [1.54, 1.807) is 12.4 Å². The number of phosphoric acid groups is 1. The highest BCUT2D eigenvalue weighted by atomic mass is 31.2. The van der Waals surface area contributed by atoms with Crippen LogP contribution in [0, 0.1) is 0 Å². The maximum atomic E-state index is 12.6. The molecule has 0 unspecified atom stereocenters. The van der Waals surface area contributed by atoms with Crippen molar-refractivity contribution in [2.75, 3.05) is 6.61 Å². The Morgan fingerprint density at radius 2 is 1.55 bits per heavy atom. The number of ether oxygens (including phenoxy) is 1. The average Bonchev–Trinajstić information content (AvgIpc) is 2.97. The summed E-state index contributed by atoms with van der Waals surface area (Å²) in [6.07, 6.45) is 24.4. The number of carbonyl (C=O) groups is 1. The highest BCUT2D eigenvalue weighted by Gasteiger charge is 2.20. The Labute approximate surface area is 252 Å². The Hall–Kier alpha value is -2.51. The van der Waals surface area contributed by atoms with Crippen molar-refractivity contribution in [1.29, 1.82) is 0 Å². The highest BCUT2D eigenvalue weighted by molar-refractivity contribution is 7.46. The Morgan fingerprint density at radius 3 is 2.17 bits per heavy atom. The van der Waals surface area contributed by atoms with Crippen LogP contribution < -0.4 is 10.1 Å². The van der Waals surface area contributed by atoms with Gasteiger partial charge in [0.15, 0.2) is 0 Å². The minimum atomic E-state index is -4.65. The predicted octanol–water partition coefficient (Wildman–Crippen LogP) is 7.83. The van der Waals surface area contributed by atoms with Gasteiger partial charge >= 0.3 is 7.82 Å². The van der Waals surface area contributed by atoms with Crippen LogP contribution in [0.2, 0.25) is 0 Å². The van der Waals surface area contributed by atoms with Crippen molar-refractivity contribution in [3.63, 3.8) is 0 Å². The number of allylic oxidation sites excluding steroid dienone is 2. The summed E-state index contributed by atoms with van der Waals surface area (Å²) in [4.78, 5) is 35.0. The second-order valence-corrected chi connectivity index (χ2v) is 12.1. The summed E-state index contributed by atoms with van der Waals surface area (Å²) in [5, 5.41) is 2.89. The number of rotatable bonds is 24. The van der Waals surface area contributed by atoms with Crippen molar-refractivity contribution in [2.45, 2.75) is 116 Å². The first-order valence-electron chi connectivity index (χ1n) is 15.6. The second kappa shape index (κ2) is 22.1. The zero-order valence-electron chi connectivity index (χ0n) is 25.3. The summed E-state index contributed by atoms with van der Waals surface area (Å²) < 4.78 is 21.8. The van der Waals surface area contributed by atoms with Crippen LogP contribution in [-0.4, -0.2) is 33.3 Å². The van der Waals surface area contributed by atoms with Gasteiger partial charge < -0.3 is 19.8 Å². The first kappa shape index (κ1) is 35.7. The quantitative estimate of drug-likeness (QED) is 0.0636. The molecular formula is C33H51N2O6P. The highest BCUT2D eigenvalue weighted by Crippen LogP contribution is 2.35. The lowest BCUT2D eigenvalue weighted by atomic mass is 10.1. The number of phosphoric ester groups is 1. The number of aromatic nitrogens is 1. The van der Waals surface area contributed by atoms with E-state index in [4.69, 9.17) is 19.0 Å². The van der Waals surface area contributed by atoms with Gasteiger partial charge in [-0.2, -0.15) is 0 Å². The number of unbranched alkanes of at least 4 members (excludes halogenated alkanes) is 11. The molecule has 1 atom stereocenters. The molecule has 234 valence electrons. The number of carbonyl (C=O) groups excluding carboxylic acids is 1. The molecule has 2 aromatic rings. The van der Waals surface area contributed by atoms with E-state index >= 15 is 0 Å². The van der Waals surface area contributed by atoms with Gasteiger partial charge in [0, 0.05) is 24.4 Å². The van der Waals surface area contributed by atoms with Crippen molar-refractivity contribution in [2.24, 2.45) is 0 Å². The van der Waals surface area contributed by atoms with E-state index in [0.29, 0.717) is 25.2 Å². The largest absolute Gasteiger partial charge is 0.489 e. The van der Waals surface area contributed by atoms with E-state index in [-0.39, 0.29) is 12.5 Å². The first-order chi connectivity index (χ1) is 20.4. The Kier molecular flexibility index (Phi) is 18.8. The Balaban J connectivity index is 1.63. The molecule has 2 rings (SSSR count). The smallest absolute Gasteiger partial charge is 0.469 e. The molecule has 0 aliphatic rings. The van der Waals surface area contributed by atoms with Crippen LogP contribution >= 0.6 is 7.82 Å². The molecule has 42 heavy (non-hydrogen) atoms. The molecule has 8 nitrogen and oxygen atoms in total. The lowest BCUT2D eigenvalue weighted by Gasteiger charge is -2.19. The molecule has 9 heteroatoms. The van der Waals surface area contributed by atoms with Gasteiger partial charge in [0.1, 0.15) is 12.4 Å². The molecule has 1 amide bonds. The van der Waals surface area contributed by atoms with Gasteiger partial charge in [-0.3, -0.25) is 14.3 Å². The molecule has 1 aromatic carbocycles. The summed E-state index contributed by atoms with van der Waals surface area (Å²) in [5.74, 6) is 0.558. The van der Waals surface area contributed by atoms with Crippen LogP contribution in [0.4, 0.5) is 0 Å². The van der Waals surface area contributed by atoms with Crippen LogP contribution in [0.1, 0.15) is 108 Å². The topological polar surface area (TPSA) is 118 Å². The standard InChI is InChI=1S/C33H51N2O6P/c1-2-3-4-5-6-7-8-9-10-11-12-13-14-15-16-19-33(36)35-31(28-41-42(37,38)39)25-29-20-22-32(23-21-29)40-27-30-18-17-24-34-26-30/h9-10,17-18,20-24,26,31H,2-8,11-16,19,25,27-28H2,1H3,(H,35,36)(H2,37,38,39)/b10-9-/t31-/m0/s1. The van der Waals surface area contributed by atoms with Crippen molar-refractivity contribution in [3.05, 3.63) is 72.1 Å². The van der Waals surface area contributed by atoms with Crippen LogP contribution in [0.3, 0.4) is 0 Å². The number of nitrogens with zero attached hydrogens (tertiary/aromatic N) is 1. The number of benzene rings is 1. The zero-order valence-corrected chi connectivity index (χ0v) is 26.2. The maximum Gasteiger partial charge on any atom is 0.469 e. The third kappa shape index (κ3) is 18.8. The molecule has 0 spiro atoms. The van der Waals surface area contributed by atoms with Crippen molar-refractivity contribution < 1.29 is 28.4 Å². The number of hydrogen-bond donors (Lipinski definition) is 3. The van der Waals surface area contributed by atoms with Crippen LogP contribution in [-0.2, 0) is 26.9 Å². The minimum Gasteiger partial charge on any atom is -0.489 e. The van der Waals surface area contributed by atoms with Gasteiger partial charge in [-0.15, -0.1) is 0 Å². The Bertz CT molecular complexity index is 1040. The summed E-state index contributed by atoms with van der Waals surface area (Å²) in [6.45, 7) is 2.37. The zero-order chi connectivity index (χ0) is 30.3. The third-order valence-electron chi connectivity index (χ3n) is 7.01. The Morgan fingerprint density at radius 1 is 0.905 bits per heavy atom. The van der Waals surface area contributed by atoms with Gasteiger partial charge in [0.25, 0.3) is 0 Å². The fourth-order valence-corrected chi connectivity index (χ4v) is 5.03. The second-order valence-electron chi connectivity index (χ2n) is 10.9. The molecule has 0 bridgehead atoms. The van der Waals surface area contributed by atoms with Crippen LogP contribution in [0.25, 0.3) is 0 Å². The first-order valence-corrected chi connectivity index (χ1v) is 17.1. The van der Waals surface area contributed by atoms with E-state index < -0.39 is 13.9 Å². The lowest BCUT2D eigenvalue weighted by molar-refractivity contribution is -0.122. The van der Waals surface area contributed by atoms with Gasteiger partial charge in [0.05, 0.1) is 12.6 Å². The van der Waals surface area contributed by atoms with E-state index in [9.17, 15) is 9.36 Å². The SMILES string of the molecule is CCCCCCCC/C=C\CCCCCCCC(=O)N[C@H](COP(=O)(O)O)Cc1ccc(OCc2cccnc2)cc1. The summed E-state index contributed by atoms with van der Waals surface area (Å²) in [5.41, 5.74) is 1.86. The summed E-state index contributed by atoms with van der Waals surface area (Å²) >= 11 is 0. The predicted molar refractivity (Wildman–Crippen MR) is 168 cm³/mol. The number of nitrogens with one attached hydrogen (secondary N) is 1. The third-order valence-corrected chi connectivity index (χ3v) is 7.49. The number of hydrogen-bond acceptors (Lipinski definition) is 5. The van der Waals surface area contributed by atoms with E-state index in [1.807, 2.05) is 36.4 Å². The lowest BCUT2D eigenvalue weighted by Crippen LogP contribution is -2.39. The molecule has 0 radical (unpaired) electrons. The average molecular weight is 603 g/mol. The van der Waals surface area contributed by atoms with Gasteiger partial charge in [-0.05, 0) is 62.3 Å². The fraction of sp³-hybridized carbons (Fsp3) is 0.576. The van der Waals surface area contributed by atoms with Crippen molar-refractivity contribution in [1.82, 2.24) is 10.3 Å². The van der Waals surface area contributed by atoms with Gasteiger partial charge in [0.2, 0.25) is 5.91 Å². The summed E-state index contributed by atoms with van der Waals surface area (Å²) in [6, 6.07) is 10.6. The van der Waals surface area contributed by atoms with Crippen molar-refractivity contribution >= 4 is 13.7 Å². The molecule has 1 heterocycles. The molecule has 3 N–H and O–H groups in total. The molecule has 0 fully saturated rings. The molecule has 0 saturated heterocycles. The van der Waals surface area contributed by atoms with Crippen LogP contribution in [0.15, 0.2) is 60.9 Å². The molecule has 0 aliphatic carbocycles. The minimum absolute atomic E-state index is 0.136. The number of pyridine rings is 1. The fourth-order valence-electron chi connectivity index (χ4n) is 4.65. The molecule has 1 aromatic heterocycles. The van der Waals surface area contributed by atoms with Gasteiger partial charge in [-0.25, -0.2) is 4.57 Å². The summed E-state index contributed by atoms with van der Waals surface area (Å²) in [7, 11) is -4.65. The molecular weight excluding hydrogens is 551 g/mol. The van der Waals surface area contributed by atoms with E-state index in [0.717, 1.165) is 43.2 Å². The van der Waals surface area contributed by atoms with E-state index in [2.05, 4.69) is 29.4 Å². The van der Waals surface area contributed by atoms with E-state index in [1.165, 1.54) is 51.4 Å². The van der Waals surface area contributed by atoms with Gasteiger partial charge in [-0.1, -0.05) is 88.6 Å². The monoisotopic (exact) mass is 602 g/mol. The molecule has 0 aliphatic heterocycles. The number of amides is 1. The van der Waals surface area contributed by atoms with Crippen LogP contribution in [0.5, 0.6) is 5.75 Å². The normalized spacial score (nSPS) is 12.5. The van der Waals surface area contributed by atoms with Crippen molar-refractivity contribution in [3.8, 4) is 5.75 Å². The molecule has 0 saturated carbocycles. The maximum absolute atomic E-state index is 12.6.